The zero-order valence-corrected chi connectivity index (χ0v) is 6.10. The lowest BCUT2D eigenvalue weighted by atomic mass is 9.90. The van der Waals surface area contributed by atoms with Gasteiger partial charge in [-0.3, -0.25) is 4.79 Å². The summed E-state index contributed by atoms with van der Waals surface area (Å²) in [5.74, 6) is -0.212. The van der Waals surface area contributed by atoms with Crippen molar-refractivity contribution in [1.29, 1.82) is 0 Å². The van der Waals surface area contributed by atoms with Gasteiger partial charge in [-0.25, -0.2) is 0 Å². The topological polar surface area (TPSA) is 37.3 Å². The van der Waals surface area contributed by atoms with Crippen LogP contribution in [0.1, 0.15) is 6.42 Å². The number of rotatable bonds is 1. The Morgan fingerprint density at radius 3 is 2.91 bits per heavy atom. The molecule has 0 heterocycles. The predicted molar refractivity (Wildman–Crippen MR) is 41.0 cm³/mol. The summed E-state index contributed by atoms with van der Waals surface area (Å²) in [7, 11) is 0. The molecule has 2 heteroatoms. The van der Waals surface area contributed by atoms with Crippen LogP contribution in [0.4, 0.5) is 0 Å². The van der Waals surface area contributed by atoms with Crippen LogP contribution in [-0.4, -0.2) is 11.1 Å². The lowest BCUT2D eigenvalue weighted by Crippen LogP contribution is -2.19. The summed E-state index contributed by atoms with van der Waals surface area (Å²) in [5, 5.41) is 8.78. The molecule has 0 bridgehead atoms. The highest BCUT2D eigenvalue weighted by Gasteiger charge is 2.36. The van der Waals surface area contributed by atoms with Crippen molar-refractivity contribution in [2.45, 2.75) is 6.42 Å². The van der Waals surface area contributed by atoms with Crippen molar-refractivity contribution in [1.82, 2.24) is 0 Å². The molecule has 0 amide bonds. The Hall–Kier alpha value is -1.05. The first-order valence-corrected chi connectivity index (χ1v) is 3.87. The van der Waals surface area contributed by atoms with Crippen LogP contribution in [0.2, 0.25) is 0 Å². The molecule has 0 saturated carbocycles. The van der Waals surface area contributed by atoms with E-state index in [1.165, 1.54) is 0 Å². The minimum Gasteiger partial charge on any atom is -0.481 e. The average Bonchev–Trinajstić information content (AvgIpc) is 2.41. The van der Waals surface area contributed by atoms with Gasteiger partial charge in [-0.1, -0.05) is 24.3 Å². The van der Waals surface area contributed by atoms with Crippen LogP contribution >= 0.6 is 0 Å². The molecule has 3 atom stereocenters. The van der Waals surface area contributed by atoms with Crippen LogP contribution in [0.5, 0.6) is 0 Å². The van der Waals surface area contributed by atoms with Gasteiger partial charge in [0.05, 0.1) is 5.92 Å². The van der Waals surface area contributed by atoms with Gasteiger partial charge < -0.3 is 5.11 Å². The van der Waals surface area contributed by atoms with E-state index in [0.29, 0.717) is 11.8 Å². The van der Waals surface area contributed by atoms with Crippen LogP contribution < -0.4 is 0 Å². The van der Waals surface area contributed by atoms with E-state index in [1.807, 2.05) is 12.2 Å². The summed E-state index contributed by atoms with van der Waals surface area (Å²) in [4.78, 5) is 10.7. The summed E-state index contributed by atoms with van der Waals surface area (Å²) in [5.41, 5.74) is 0. The van der Waals surface area contributed by atoms with E-state index in [2.05, 4.69) is 12.2 Å². The first kappa shape index (κ1) is 6.65. The number of carboxylic acid groups (broad SMARTS) is 1. The van der Waals surface area contributed by atoms with Crippen molar-refractivity contribution >= 4 is 5.97 Å². The number of aliphatic carboxylic acids is 1. The van der Waals surface area contributed by atoms with E-state index < -0.39 is 5.97 Å². The Bertz CT molecular complexity index is 240. The molecule has 0 unspecified atom stereocenters. The Balaban J connectivity index is 2.18. The first-order chi connectivity index (χ1) is 5.29. The summed E-state index contributed by atoms with van der Waals surface area (Å²) < 4.78 is 0. The van der Waals surface area contributed by atoms with E-state index in [9.17, 15) is 4.79 Å². The minimum atomic E-state index is -0.683. The van der Waals surface area contributed by atoms with Crippen molar-refractivity contribution in [2.24, 2.45) is 17.8 Å². The van der Waals surface area contributed by atoms with Gasteiger partial charge in [-0.15, -0.1) is 0 Å². The Morgan fingerprint density at radius 1 is 1.36 bits per heavy atom. The largest absolute Gasteiger partial charge is 0.481 e. The molecule has 2 rings (SSSR count). The van der Waals surface area contributed by atoms with Gasteiger partial charge in [0.25, 0.3) is 0 Å². The number of hydrogen-bond donors (Lipinski definition) is 1. The predicted octanol–water partition coefficient (Wildman–Crippen LogP) is 1.45. The van der Waals surface area contributed by atoms with Crippen LogP contribution in [0.3, 0.4) is 0 Å². The second-order valence-electron chi connectivity index (χ2n) is 3.15. The normalized spacial score (nSPS) is 39.5. The highest BCUT2D eigenvalue weighted by Crippen LogP contribution is 2.38. The fraction of sp³-hybridized carbons (Fsp3) is 0.444. The highest BCUT2D eigenvalue weighted by atomic mass is 16.4. The summed E-state index contributed by atoms with van der Waals surface area (Å²) >= 11 is 0. The van der Waals surface area contributed by atoms with Gasteiger partial charge >= 0.3 is 5.97 Å². The van der Waals surface area contributed by atoms with Gasteiger partial charge in [-0.2, -0.15) is 0 Å². The first-order valence-electron chi connectivity index (χ1n) is 3.87. The van der Waals surface area contributed by atoms with E-state index in [-0.39, 0.29) is 5.92 Å². The van der Waals surface area contributed by atoms with E-state index in [4.69, 9.17) is 5.11 Å². The number of fused-ring (bicyclic) bond motifs is 1. The summed E-state index contributed by atoms with van der Waals surface area (Å²) in [6.07, 6.45) is 8.93. The minimum absolute atomic E-state index is 0.241. The maximum atomic E-state index is 10.7. The van der Waals surface area contributed by atoms with E-state index in [1.54, 1.807) is 0 Å². The average molecular weight is 150 g/mol. The Morgan fingerprint density at radius 2 is 2.18 bits per heavy atom. The third-order valence-electron chi connectivity index (χ3n) is 2.55. The molecule has 2 aliphatic rings. The van der Waals surface area contributed by atoms with Crippen molar-refractivity contribution in [3.8, 4) is 0 Å². The van der Waals surface area contributed by atoms with Gasteiger partial charge in [0.1, 0.15) is 0 Å². The van der Waals surface area contributed by atoms with Crippen LogP contribution in [0, 0.1) is 17.8 Å². The maximum absolute atomic E-state index is 10.7. The van der Waals surface area contributed by atoms with Gasteiger partial charge in [0.2, 0.25) is 0 Å². The fourth-order valence-corrected chi connectivity index (χ4v) is 1.94. The molecule has 0 aliphatic heterocycles. The number of hydrogen-bond acceptors (Lipinski definition) is 1. The molecule has 2 aliphatic carbocycles. The standard InChI is InChI=1S/C9H10O2/c10-9(11)8-5-4-6-2-1-3-7(6)8/h1-2,4-8H,3H2,(H,10,11)/t6-,7-,8-/m1/s1. The lowest BCUT2D eigenvalue weighted by molar-refractivity contribution is -0.141. The van der Waals surface area contributed by atoms with Gasteiger partial charge in [0, 0.05) is 0 Å². The molecule has 1 N–H and O–H groups in total. The summed E-state index contributed by atoms with van der Waals surface area (Å²) in [6, 6.07) is 0. The molecule has 0 saturated heterocycles. The van der Waals surface area contributed by atoms with Crippen molar-refractivity contribution in [3.05, 3.63) is 24.3 Å². The molecule has 11 heavy (non-hydrogen) atoms. The quantitative estimate of drug-likeness (QED) is 0.574. The lowest BCUT2D eigenvalue weighted by Gasteiger charge is -2.13. The van der Waals surface area contributed by atoms with Crippen LogP contribution in [0.15, 0.2) is 24.3 Å². The second kappa shape index (κ2) is 2.22. The highest BCUT2D eigenvalue weighted by molar-refractivity contribution is 5.73. The van der Waals surface area contributed by atoms with E-state index >= 15 is 0 Å². The molecular formula is C9H10O2. The zero-order chi connectivity index (χ0) is 7.84. The molecule has 0 aromatic rings. The third-order valence-corrected chi connectivity index (χ3v) is 2.55. The molecular weight excluding hydrogens is 140 g/mol. The fourth-order valence-electron chi connectivity index (χ4n) is 1.94. The molecule has 0 spiro atoms. The molecule has 0 aromatic heterocycles. The third kappa shape index (κ3) is 0.897. The molecule has 58 valence electrons. The second-order valence-corrected chi connectivity index (χ2v) is 3.15. The van der Waals surface area contributed by atoms with Crippen LogP contribution in [-0.2, 0) is 4.79 Å². The number of allylic oxidation sites excluding steroid dienone is 3. The summed E-state index contributed by atoms with van der Waals surface area (Å²) in [6.45, 7) is 0. The van der Waals surface area contributed by atoms with Gasteiger partial charge in [-0.05, 0) is 18.3 Å². The van der Waals surface area contributed by atoms with Crippen LogP contribution in [0.25, 0.3) is 0 Å². The monoisotopic (exact) mass is 150 g/mol. The zero-order valence-electron chi connectivity index (χ0n) is 6.10. The molecule has 0 aromatic carbocycles. The van der Waals surface area contributed by atoms with Crippen molar-refractivity contribution < 1.29 is 9.90 Å². The number of carbonyl (C=O) groups is 1. The SMILES string of the molecule is O=C(O)[C@@H]1C=C[C@H]2C=CC[C@H]21. The maximum Gasteiger partial charge on any atom is 0.310 e. The van der Waals surface area contributed by atoms with Crippen molar-refractivity contribution in [2.75, 3.05) is 0 Å². The smallest absolute Gasteiger partial charge is 0.310 e. The Labute approximate surface area is 65.2 Å². The molecule has 0 radical (unpaired) electrons. The van der Waals surface area contributed by atoms with Crippen molar-refractivity contribution in [3.63, 3.8) is 0 Å². The molecule has 2 nitrogen and oxygen atoms in total. The Kier molecular flexibility index (Phi) is 1.34. The molecule has 0 fully saturated rings. The van der Waals surface area contributed by atoms with E-state index in [0.717, 1.165) is 6.42 Å². The van der Waals surface area contributed by atoms with Gasteiger partial charge in [0.15, 0.2) is 0 Å². The number of carboxylic acids is 1.